The third-order valence-corrected chi connectivity index (χ3v) is 2.09. The molecule has 1 aromatic rings. The highest BCUT2D eigenvalue weighted by atomic mass is 16.3. The summed E-state index contributed by atoms with van der Waals surface area (Å²) >= 11 is 0. The molecule has 3 N–H and O–H groups in total. The molecule has 1 rings (SSSR count). The fourth-order valence-electron chi connectivity index (χ4n) is 1.12. The van der Waals surface area contributed by atoms with Gasteiger partial charge in [-0.05, 0) is 23.6 Å². The van der Waals surface area contributed by atoms with Crippen LogP contribution < -0.4 is 5.73 Å². The second-order valence-corrected chi connectivity index (χ2v) is 3.52. The van der Waals surface area contributed by atoms with E-state index in [4.69, 9.17) is 10.8 Å². The van der Waals surface area contributed by atoms with Crippen molar-refractivity contribution in [2.45, 2.75) is 26.5 Å². The van der Waals surface area contributed by atoms with Crippen molar-refractivity contribution in [3.05, 3.63) is 29.6 Å². The van der Waals surface area contributed by atoms with Crippen LogP contribution in [0.2, 0.25) is 0 Å². The highest BCUT2D eigenvalue weighted by Crippen LogP contribution is 2.17. The Balaban J connectivity index is 2.88. The average molecular weight is 180 g/mol. The van der Waals surface area contributed by atoms with Gasteiger partial charge in [-0.25, -0.2) is 0 Å². The lowest BCUT2D eigenvalue weighted by atomic mass is 10.0. The standard InChI is InChI=1S/C10H16N2O/c1-7(2)10(11)9-5-8(6-13)3-4-12-9/h3-5,7,10,13H,6,11H2,1-2H3/t10-/m1/s1. The van der Waals surface area contributed by atoms with Gasteiger partial charge in [0, 0.05) is 12.2 Å². The SMILES string of the molecule is CC(C)[C@@H](N)c1cc(CO)ccn1. The predicted octanol–water partition coefficient (Wildman–Crippen LogP) is 1.23. The molecule has 3 heteroatoms. The second-order valence-electron chi connectivity index (χ2n) is 3.52. The van der Waals surface area contributed by atoms with Crippen molar-refractivity contribution in [1.29, 1.82) is 0 Å². The monoisotopic (exact) mass is 180 g/mol. The maximum atomic E-state index is 8.91. The zero-order valence-electron chi connectivity index (χ0n) is 8.07. The summed E-state index contributed by atoms with van der Waals surface area (Å²) in [5.41, 5.74) is 7.63. The van der Waals surface area contributed by atoms with Crippen LogP contribution in [0.25, 0.3) is 0 Å². The number of hydrogen-bond donors (Lipinski definition) is 2. The van der Waals surface area contributed by atoms with Crippen LogP contribution in [0, 0.1) is 5.92 Å². The van der Waals surface area contributed by atoms with Crippen molar-refractivity contribution >= 4 is 0 Å². The van der Waals surface area contributed by atoms with E-state index in [1.807, 2.05) is 6.07 Å². The quantitative estimate of drug-likeness (QED) is 0.735. The minimum atomic E-state index is -0.0495. The molecule has 1 aromatic heterocycles. The van der Waals surface area contributed by atoms with Crippen molar-refractivity contribution < 1.29 is 5.11 Å². The first-order valence-electron chi connectivity index (χ1n) is 4.46. The predicted molar refractivity (Wildman–Crippen MR) is 51.9 cm³/mol. The maximum Gasteiger partial charge on any atom is 0.0683 e. The van der Waals surface area contributed by atoms with Crippen molar-refractivity contribution in [1.82, 2.24) is 4.98 Å². The molecule has 3 nitrogen and oxygen atoms in total. The molecule has 0 aliphatic heterocycles. The van der Waals surface area contributed by atoms with Gasteiger partial charge in [0.15, 0.2) is 0 Å². The van der Waals surface area contributed by atoms with Gasteiger partial charge in [-0.3, -0.25) is 4.98 Å². The molecule has 0 aromatic carbocycles. The van der Waals surface area contributed by atoms with Gasteiger partial charge < -0.3 is 10.8 Å². The normalized spacial score (nSPS) is 13.3. The van der Waals surface area contributed by atoms with Gasteiger partial charge >= 0.3 is 0 Å². The molecular formula is C10H16N2O. The minimum Gasteiger partial charge on any atom is -0.392 e. The van der Waals surface area contributed by atoms with Gasteiger partial charge in [-0.1, -0.05) is 13.8 Å². The summed E-state index contributed by atoms with van der Waals surface area (Å²) in [4.78, 5) is 4.17. The number of aliphatic hydroxyl groups excluding tert-OH is 1. The smallest absolute Gasteiger partial charge is 0.0683 e. The summed E-state index contributed by atoms with van der Waals surface area (Å²) in [6, 6.07) is 3.59. The van der Waals surface area contributed by atoms with Gasteiger partial charge in [0.1, 0.15) is 0 Å². The molecule has 0 fully saturated rings. The van der Waals surface area contributed by atoms with Crippen LogP contribution in [0.1, 0.15) is 31.1 Å². The number of rotatable bonds is 3. The molecular weight excluding hydrogens is 164 g/mol. The second kappa shape index (κ2) is 4.35. The highest BCUT2D eigenvalue weighted by molar-refractivity contribution is 5.18. The third-order valence-electron chi connectivity index (χ3n) is 2.09. The Hall–Kier alpha value is -0.930. The average Bonchev–Trinajstić information content (AvgIpc) is 2.16. The van der Waals surface area contributed by atoms with Crippen LogP contribution in [0.4, 0.5) is 0 Å². The van der Waals surface area contributed by atoms with Crippen LogP contribution in [-0.4, -0.2) is 10.1 Å². The largest absolute Gasteiger partial charge is 0.392 e. The molecule has 0 unspecified atom stereocenters. The maximum absolute atomic E-state index is 8.91. The lowest BCUT2D eigenvalue weighted by molar-refractivity contribution is 0.281. The summed E-state index contributed by atoms with van der Waals surface area (Å²) < 4.78 is 0. The molecule has 0 saturated heterocycles. The molecule has 0 radical (unpaired) electrons. The number of aliphatic hydroxyl groups is 1. The van der Waals surface area contributed by atoms with E-state index < -0.39 is 0 Å². The van der Waals surface area contributed by atoms with Gasteiger partial charge in [-0.15, -0.1) is 0 Å². The Kier molecular flexibility index (Phi) is 3.39. The molecule has 72 valence electrons. The van der Waals surface area contributed by atoms with E-state index in [1.54, 1.807) is 12.3 Å². The Morgan fingerprint density at radius 2 is 2.23 bits per heavy atom. The Bertz CT molecular complexity index is 273. The lowest BCUT2D eigenvalue weighted by Crippen LogP contribution is -2.18. The van der Waals surface area contributed by atoms with Crippen LogP contribution in [-0.2, 0) is 6.61 Å². The minimum absolute atomic E-state index is 0.0420. The van der Waals surface area contributed by atoms with Crippen LogP contribution in [0.5, 0.6) is 0 Å². The third kappa shape index (κ3) is 2.50. The molecule has 0 spiro atoms. The highest BCUT2D eigenvalue weighted by Gasteiger charge is 2.11. The van der Waals surface area contributed by atoms with E-state index >= 15 is 0 Å². The van der Waals surface area contributed by atoms with Crippen molar-refractivity contribution in [3.63, 3.8) is 0 Å². The first kappa shape index (κ1) is 10.2. The molecule has 1 atom stereocenters. The van der Waals surface area contributed by atoms with Gasteiger partial charge in [-0.2, -0.15) is 0 Å². The van der Waals surface area contributed by atoms with Gasteiger partial charge in [0.25, 0.3) is 0 Å². The van der Waals surface area contributed by atoms with E-state index in [0.717, 1.165) is 11.3 Å². The van der Waals surface area contributed by atoms with E-state index in [1.165, 1.54) is 0 Å². The van der Waals surface area contributed by atoms with Crippen LogP contribution >= 0.6 is 0 Å². The Morgan fingerprint density at radius 3 is 2.77 bits per heavy atom. The number of hydrogen-bond acceptors (Lipinski definition) is 3. The number of nitrogens with zero attached hydrogens (tertiary/aromatic N) is 1. The van der Waals surface area contributed by atoms with E-state index in [9.17, 15) is 0 Å². The van der Waals surface area contributed by atoms with E-state index in [0.29, 0.717) is 5.92 Å². The van der Waals surface area contributed by atoms with Crippen LogP contribution in [0.15, 0.2) is 18.3 Å². The number of pyridine rings is 1. The Morgan fingerprint density at radius 1 is 1.54 bits per heavy atom. The van der Waals surface area contributed by atoms with Crippen molar-refractivity contribution in [3.8, 4) is 0 Å². The summed E-state index contributed by atoms with van der Waals surface area (Å²) in [7, 11) is 0. The van der Waals surface area contributed by atoms with E-state index in [-0.39, 0.29) is 12.6 Å². The van der Waals surface area contributed by atoms with Gasteiger partial charge in [0.2, 0.25) is 0 Å². The van der Waals surface area contributed by atoms with Gasteiger partial charge in [0.05, 0.1) is 12.3 Å². The van der Waals surface area contributed by atoms with Crippen molar-refractivity contribution in [2.24, 2.45) is 11.7 Å². The molecule has 1 heterocycles. The van der Waals surface area contributed by atoms with Crippen LogP contribution in [0.3, 0.4) is 0 Å². The summed E-state index contributed by atoms with van der Waals surface area (Å²) in [6.45, 7) is 4.15. The van der Waals surface area contributed by atoms with Crippen molar-refractivity contribution in [2.75, 3.05) is 0 Å². The first-order chi connectivity index (χ1) is 6.15. The summed E-state index contributed by atoms with van der Waals surface area (Å²) in [5, 5.41) is 8.91. The zero-order valence-corrected chi connectivity index (χ0v) is 8.07. The molecule has 0 amide bonds. The first-order valence-corrected chi connectivity index (χ1v) is 4.46. The summed E-state index contributed by atoms with van der Waals surface area (Å²) in [5.74, 6) is 0.362. The topological polar surface area (TPSA) is 59.1 Å². The molecule has 0 aliphatic rings. The summed E-state index contributed by atoms with van der Waals surface area (Å²) in [6.07, 6.45) is 1.68. The lowest BCUT2D eigenvalue weighted by Gasteiger charge is -2.15. The van der Waals surface area contributed by atoms with E-state index in [2.05, 4.69) is 18.8 Å². The molecule has 13 heavy (non-hydrogen) atoms. The molecule has 0 bridgehead atoms. The fraction of sp³-hybridized carbons (Fsp3) is 0.500. The number of aromatic nitrogens is 1. The zero-order chi connectivity index (χ0) is 9.84. The molecule has 0 aliphatic carbocycles. The fourth-order valence-corrected chi connectivity index (χ4v) is 1.12. The number of nitrogens with two attached hydrogens (primary N) is 1. The Labute approximate surface area is 78.6 Å². The molecule has 0 saturated carbocycles.